The molecule has 1 amide bonds. The van der Waals surface area contributed by atoms with Crippen LogP contribution in [0.2, 0.25) is 0 Å². The van der Waals surface area contributed by atoms with Gasteiger partial charge in [0.15, 0.2) is 5.69 Å². The maximum atomic E-state index is 12.6. The lowest BCUT2D eigenvalue weighted by atomic mass is 9.80. The van der Waals surface area contributed by atoms with Crippen molar-refractivity contribution in [1.82, 2.24) is 25.2 Å². The molecule has 2 fully saturated rings. The van der Waals surface area contributed by atoms with Crippen LogP contribution in [0.1, 0.15) is 78.0 Å². The molecule has 7 nitrogen and oxygen atoms in total. The Morgan fingerprint density at radius 1 is 1.21 bits per heavy atom. The van der Waals surface area contributed by atoms with Crippen molar-refractivity contribution < 1.29 is 9.32 Å². The number of nitrogens with zero attached hydrogens (tertiary/aromatic N) is 4. The van der Waals surface area contributed by atoms with Crippen LogP contribution in [0.15, 0.2) is 16.7 Å². The van der Waals surface area contributed by atoms with Crippen LogP contribution >= 0.6 is 0 Å². The summed E-state index contributed by atoms with van der Waals surface area (Å²) < 4.78 is 7.32. The van der Waals surface area contributed by atoms with E-state index in [9.17, 15) is 4.79 Å². The first kappa shape index (κ1) is 19.2. The van der Waals surface area contributed by atoms with Crippen LogP contribution in [0.3, 0.4) is 0 Å². The molecular formula is C21H31N5O2. The number of aromatic nitrogens is 3. The molecule has 2 saturated carbocycles. The second-order valence-corrected chi connectivity index (χ2v) is 8.51. The second kappa shape index (κ2) is 8.07. The molecule has 0 unspecified atom stereocenters. The highest BCUT2D eigenvalue weighted by atomic mass is 16.5. The molecule has 0 aromatic carbocycles. The molecule has 4 rings (SSSR count). The van der Waals surface area contributed by atoms with Crippen molar-refractivity contribution in [2.45, 2.75) is 56.9 Å². The van der Waals surface area contributed by atoms with Crippen LogP contribution in [0, 0.1) is 5.92 Å². The van der Waals surface area contributed by atoms with E-state index in [4.69, 9.17) is 9.62 Å². The quantitative estimate of drug-likeness (QED) is 0.793. The topological polar surface area (TPSA) is 76.2 Å². The fourth-order valence-electron chi connectivity index (χ4n) is 4.33. The molecule has 152 valence electrons. The van der Waals surface area contributed by atoms with Crippen molar-refractivity contribution in [2.75, 3.05) is 20.6 Å². The SMILES string of the molecule is CNCc1cc(C2CCC(CN(C)C(=O)c3cc(C4CC4)on3)CC2)nn1C. The Kier molecular flexibility index (Phi) is 5.53. The zero-order valence-corrected chi connectivity index (χ0v) is 17.1. The van der Waals surface area contributed by atoms with Crippen LogP contribution in [0.5, 0.6) is 0 Å². The Labute approximate surface area is 166 Å². The monoisotopic (exact) mass is 385 g/mol. The summed E-state index contributed by atoms with van der Waals surface area (Å²) in [6.45, 7) is 1.63. The van der Waals surface area contributed by atoms with E-state index in [0.717, 1.165) is 57.4 Å². The summed E-state index contributed by atoms with van der Waals surface area (Å²) in [6.07, 6.45) is 6.83. The second-order valence-electron chi connectivity index (χ2n) is 8.51. The number of aryl methyl sites for hydroxylation is 1. The van der Waals surface area contributed by atoms with E-state index in [1.165, 1.54) is 11.4 Å². The van der Waals surface area contributed by atoms with Crippen molar-refractivity contribution in [3.05, 3.63) is 35.0 Å². The van der Waals surface area contributed by atoms with Crippen LogP contribution in [-0.4, -0.2) is 46.4 Å². The smallest absolute Gasteiger partial charge is 0.275 e. The molecule has 0 bridgehead atoms. The molecule has 2 aromatic rings. The maximum Gasteiger partial charge on any atom is 0.275 e. The predicted molar refractivity (Wildman–Crippen MR) is 106 cm³/mol. The largest absolute Gasteiger partial charge is 0.360 e. The first-order valence-corrected chi connectivity index (χ1v) is 10.4. The van der Waals surface area contributed by atoms with E-state index in [1.807, 2.05) is 36.8 Å². The molecule has 28 heavy (non-hydrogen) atoms. The van der Waals surface area contributed by atoms with Crippen LogP contribution in [-0.2, 0) is 13.6 Å². The lowest BCUT2D eigenvalue weighted by Gasteiger charge is -2.30. The molecule has 2 aliphatic carbocycles. The maximum absolute atomic E-state index is 12.6. The van der Waals surface area contributed by atoms with Crippen molar-refractivity contribution in [3.8, 4) is 0 Å². The molecule has 0 saturated heterocycles. The molecule has 0 aliphatic heterocycles. The predicted octanol–water partition coefficient (Wildman–Crippen LogP) is 3.05. The Bertz CT molecular complexity index is 815. The van der Waals surface area contributed by atoms with Crippen molar-refractivity contribution >= 4 is 5.91 Å². The standard InChI is InChI=1S/C21H31N5O2/c1-22-12-17-10-18(23-26(17)3)15-6-4-14(5-7-15)13-25(2)21(27)19-11-20(28-24-19)16-8-9-16/h10-11,14-16,22H,4-9,12-13H2,1-3H3. The summed E-state index contributed by atoms with van der Waals surface area (Å²) in [7, 11) is 5.85. The number of nitrogens with one attached hydrogen (secondary N) is 1. The molecule has 2 aromatic heterocycles. The number of hydrogen-bond acceptors (Lipinski definition) is 5. The highest BCUT2D eigenvalue weighted by molar-refractivity contribution is 5.92. The summed E-state index contributed by atoms with van der Waals surface area (Å²) in [5, 5.41) is 11.9. The molecule has 2 heterocycles. The van der Waals surface area contributed by atoms with Gasteiger partial charge in [-0.2, -0.15) is 5.10 Å². The van der Waals surface area contributed by atoms with Crippen molar-refractivity contribution in [3.63, 3.8) is 0 Å². The van der Waals surface area contributed by atoms with Gasteiger partial charge < -0.3 is 14.7 Å². The van der Waals surface area contributed by atoms with Crippen LogP contribution in [0.4, 0.5) is 0 Å². The normalized spacial score (nSPS) is 22.4. The van der Waals surface area contributed by atoms with Gasteiger partial charge in [0.05, 0.1) is 11.4 Å². The third kappa shape index (κ3) is 4.14. The molecular weight excluding hydrogens is 354 g/mol. The molecule has 0 radical (unpaired) electrons. The summed E-state index contributed by atoms with van der Waals surface area (Å²) in [5.41, 5.74) is 2.89. The van der Waals surface area contributed by atoms with Crippen molar-refractivity contribution in [2.24, 2.45) is 13.0 Å². The molecule has 0 atom stereocenters. The lowest BCUT2D eigenvalue weighted by molar-refractivity contribution is 0.0747. The van der Waals surface area contributed by atoms with E-state index < -0.39 is 0 Å². The zero-order valence-electron chi connectivity index (χ0n) is 17.1. The van der Waals surface area contributed by atoms with Gasteiger partial charge in [0.25, 0.3) is 5.91 Å². The van der Waals surface area contributed by atoms with Gasteiger partial charge in [-0.15, -0.1) is 0 Å². The number of amides is 1. The van der Waals surface area contributed by atoms with E-state index in [0.29, 0.717) is 23.4 Å². The minimum absolute atomic E-state index is 0.0285. The minimum atomic E-state index is -0.0285. The van der Waals surface area contributed by atoms with Gasteiger partial charge in [0.1, 0.15) is 5.76 Å². The summed E-state index contributed by atoms with van der Waals surface area (Å²) >= 11 is 0. The first-order chi connectivity index (χ1) is 13.5. The summed E-state index contributed by atoms with van der Waals surface area (Å²) in [5.74, 6) is 2.39. The Morgan fingerprint density at radius 3 is 2.61 bits per heavy atom. The molecule has 1 N–H and O–H groups in total. The third-order valence-corrected chi connectivity index (χ3v) is 6.22. The van der Waals surface area contributed by atoms with Gasteiger partial charge in [0, 0.05) is 45.1 Å². The lowest BCUT2D eigenvalue weighted by Crippen LogP contribution is -2.33. The van der Waals surface area contributed by atoms with Gasteiger partial charge >= 0.3 is 0 Å². The molecule has 7 heteroatoms. The Balaban J connectivity index is 1.28. The molecule has 2 aliphatic rings. The van der Waals surface area contributed by atoms with Crippen molar-refractivity contribution in [1.29, 1.82) is 0 Å². The number of hydrogen-bond donors (Lipinski definition) is 1. The van der Waals surface area contributed by atoms with Gasteiger partial charge in [-0.05, 0) is 57.6 Å². The zero-order chi connectivity index (χ0) is 19.7. The number of rotatable bonds is 7. The van der Waals surface area contributed by atoms with Gasteiger partial charge in [-0.1, -0.05) is 5.16 Å². The Morgan fingerprint density at radius 2 is 1.93 bits per heavy atom. The Hall–Kier alpha value is -2.15. The van der Waals surface area contributed by atoms with Crippen LogP contribution in [0.25, 0.3) is 0 Å². The highest BCUT2D eigenvalue weighted by Gasteiger charge is 2.30. The van der Waals surface area contributed by atoms with Gasteiger partial charge in [-0.25, -0.2) is 0 Å². The van der Waals surface area contributed by atoms with E-state index >= 15 is 0 Å². The van der Waals surface area contributed by atoms with E-state index in [2.05, 4.69) is 16.5 Å². The third-order valence-electron chi connectivity index (χ3n) is 6.22. The number of carbonyl (C=O) groups excluding carboxylic acids is 1. The van der Waals surface area contributed by atoms with E-state index in [-0.39, 0.29) is 5.91 Å². The fourth-order valence-corrected chi connectivity index (χ4v) is 4.33. The molecule has 0 spiro atoms. The summed E-state index contributed by atoms with van der Waals surface area (Å²) in [6, 6.07) is 4.07. The average molecular weight is 386 g/mol. The van der Waals surface area contributed by atoms with E-state index in [1.54, 1.807) is 0 Å². The first-order valence-electron chi connectivity index (χ1n) is 10.4. The van der Waals surface area contributed by atoms with Gasteiger partial charge in [-0.3, -0.25) is 9.48 Å². The highest BCUT2D eigenvalue weighted by Crippen LogP contribution is 2.40. The number of carbonyl (C=O) groups is 1. The van der Waals surface area contributed by atoms with Gasteiger partial charge in [0.2, 0.25) is 0 Å². The summed E-state index contributed by atoms with van der Waals surface area (Å²) in [4.78, 5) is 14.5. The fraction of sp³-hybridized carbons (Fsp3) is 0.667. The average Bonchev–Trinajstić information content (AvgIpc) is 3.31. The van der Waals surface area contributed by atoms with Crippen LogP contribution < -0.4 is 5.32 Å². The minimum Gasteiger partial charge on any atom is -0.360 e.